The minimum absolute atomic E-state index is 0.0420. The molecule has 0 saturated carbocycles. The Morgan fingerprint density at radius 1 is 1.00 bits per heavy atom. The van der Waals surface area contributed by atoms with Crippen molar-refractivity contribution in [2.45, 2.75) is 101 Å². The Balaban J connectivity index is 3.53. The van der Waals surface area contributed by atoms with Crippen molar-refractivity contribution in [3.05, 3.63) is 24.3 Å². The van der Waals surface area contributed by atoms with Crippen molar-refractivity contribution in [2.75, 3.05) is 17.8 Å². The van der Waals surface area contributed by atoms with Crippen LogP contribution in [0.3, 0.4) is 0 Å². The van der Waals surface area contributed by atoms with Crippen molar-refractivity contribution >= 4 is 60.1 Å². The van der Waals surface area contributed by atoms with Crippen LogP contribution < -0.4 is 20.3 Å². The molecule has 1 unspecified atom stereocenters. The molecule has 1 rings (SSSR count). The average Bonchev–Trinajstić information content (AvgIpc) is 2.75. The van der Waals surface area contributed by atoms with Gasteiger partial charge in [-0.05, 0) is 0 Å². The number of hydrogen-bond donors (Lipinski definition) is 2. The predicted octanol–water partition coefficient (Wildman–Crippen LogP) is 5.56. The van der Waals surface area contributed by atoms with E-state index in [1.54, 1.807) is 62.9 Å². The van der Waals surface area contributed by atoms with Gasteiger partial charge in [-0.25, -0.2) is 0 Å². The number of methoxy groups -OCH3 is 1. The number of nitrogens with one attached hydrogen (secondary N) is 2. The van der Waals surface area contributed by atoms with Gasteiger partial charge in [-0.2, -0.15) is 0 Å². The second-order valence-electron chi connectivity index (χ2n) is 11.8. The van der Waals surface area contributed by atoms with Crippen LogP contribution in [0.2, 0.25) is 11.1 Å². The molecular weight excluding hydrogens is 589 g/mol. The van der Waals surface area contributed by atoms with Crippen molar-refractivity contribution in [3.8, 4) is 5.75 Å². The van der Waals surface area contributed by atoms with E-state index in [4.69, 9.17) is 9.47 Å². The number of anilines is 1. The summed E-state index contributed by atoms with van der Waals surface area (Å²) < 4.78 is 10.7. The van der Waals surface area contributed by atoms with Crippen LogP contribution >= 0.6 is 21.6 Å². The molecule has 0 aliphatic rings. The van der Waals surface area contributed by atoms with E-state index in [9.17, 15) is 14.4 Å². The number of carbonyl (C=O) groups is 3. The summed E-state index contributed by atoms with van der Waals surface area (Å²) in [5.41, 5.74) is -0.642. The summed E-state index contributed by atoms with van der Waals surface area (Å²) >= 11 is 0.0931. The maximum atomic E-state index is 14.3. The van der Waals surface area contributed by atoms with Crippen LogP contribution in [-0.4, -0.2) is 73.7 Å². The number of hydrogen-bond acceptors (Lipinski definition) is 7. The van der Waals surface area contributed by atoms with Gasteiger partial charge in [0.15, 0.2) is 0 Å². The number of nitrogens with zero attached hydrogens (tertiary/aromatic N) is 1. The van der Waals surface area contributed by atoms with Gasteiger partial charge in [0, 0.05) is 0 Å². The third-order valence-electron chi connectivity index (χ3n) is 4.56. The molecule has 0 heterocycles. The van der Waals surface area contributed by atoms with Crippen LogP contribution in [0.5, 0.6) is 5.75 Å². The first-order chi connectivity index (χ1) is 17.4. The average molecular weight is 635 g/mol. The molecule has 2 N–H and O–H groups in total. The van der Waals surface area contributed by atoms with E-state index in [-0.39, 0.29) is 31.5 Å². The number of benzene rings is 1. The zero-order chi connectivity index (χ0) is 29.3. The summed E-state index contributed by atoms with van der Waals surface area (Å²) in [6, 6.07) is 5.37. The molecule has 11 heteroatoms. The third kappa shape index (κ3) is 13.0. The molecule has 3 amide bonds. The number of ether oxygens (including phenoxy) is 2. The van der Waals surface area contributed by atoms with Crippen molar-refractivity contribution in [3.63, 3.8) is 0 Å². The number of alkyl carbamates (subject to hydrolysis) is 1. The molecule has 216 valence electrons. The molecule has 0 bridgehead atoms. The topological polar surface area (TPSA) is 97.0 Å². The molecule has 0 spiro atoms. The first-order valence-electron chi connectivity index (χ1n) is 12.4. The Bertz CT molecular complexity index is 925. The Morgan fingerprint density at radius 2 is 1.58 bits per heavy atom. The van der Waals surface area contributed by atoms with E-state index >= 15 is 0 Å². The van der Waals surface area contributed by atoms with Gasteiger partial charge < -0.3 is 0 Å². The van der Waals surface area contributed by atoms with Crippen LogP contribution in [0.25, 0.3) is 0 Å². The van der Waals surface area contributed by atoms with Crippen LogP contribution in [-0.2, 0) is 14.3 Å². The van der Waals surface area contributed by atoms with Gasteiger partial charge in [0.25, 0.3) is 0 Å². The van der Waals surface area contributed by atoms with Crippen LogP contribution in [0.4, 0.5) is 10.5 Å². The van der Waals surface area contributed by atoms with Crippen molar-refractivity contribution in [2.24, 2.45) is 0 Å². The van der Waals surface area contributed by atoms with Crippen LogP contribution in [0, 0.1) is 0 Å². The van der Waals surface area contributed by atoms with E-state index in [0.29, 0.717) is 22.5 Å². The summed E-state index contributed by atoms with van der Waals surface area (Å²) in [6.45, 7) is 17.3. The molecule has 0 fully saturated rings. The fraction of sp³-hybridized carbons (Fsp3) is 0.667. The number of rotatable bonds is 11. The summed E-state index contributed by atoms with van der Waals surface area (Å²) in [5, 5.41) is 6.33. The van der Waals surface area contributed by atoms with Gasteiger partial charge in [-0.1, -0.05) is 0 Å². The summed E-state index contributed by atoms with van der Waals surface area (Å²) in [6.07, 6.45) is -0.678. The summed E-state index contributed by atoms with van der Waals surface area (Å²) in [5.74, 6) is 2.36. The molecule has 0 aromatic heterocycles. The summed E-state index contributed by atoms with van der Waals surface area (Å²) in [4.78, 5) is 42.1. The molecule has 0 radical (unpaired) electrons. The van der Waals surface area contributed by atoms with E-state index in [0.717, 1.165) is 0 Å². The zero-order valence-corrected chi connectivity index (χ0v) is 27.9. The zero-order valence-electron chi connectivity index (χ0n) is 24.6. The Labute approximate surface area is 243 Å². The number of amides is 3. The van der Waals surface area contributed by atoms with Crippen molar-refractivity contribution < 1.29 is 23.9 Å². The standard InChI is InChI=1S/C27H45N3O5S2Se/c1-25(2,3)29-22(31)21(17-38-11)30(18-12-14-19(34-10)15-13-18)23(32)20(16-36-37-27(7,8)9)28-24(33)35-26(4,5)6/h12-15,20-21H,16-17H2,1-11H3,(H,28,33)(H,29,31)/t20-,21?/m0/s1. The van der Waals surface area contributed by atoms with Gasteiger partial charge >= 0.3 is 244 Å². The van der Waals surface area contributed by atoms with E-state index in [1.807, 2.05) is 26.6 Å². The van der Waals surface area contributed by atoms with E-state index in [2.05, 4.69) is 31.4 Å². The molecule has 2 atom stereocenters. The van der Waals surface area contributed by atoms with E-state index in [1.165, 1.54) is 15.7 Å². The SMILES string of the molecule is COc1ccc(N(C(=O)[C@H](CSSC(C)(C)C)NC(=O)OC(C)(C)C)C(C[Se]C)C(=O)NC(C)(C)C)cc1. The van der Waals surface area contributed by atoms with Crippen LogP contribution in [0.15, 0.2) is 24.3 Å². The molecule has 1 aromatic rings. The van der Waals surface area contributed by atoms with E-state index < -0.39 is 29.3 Å². The molecule has 0 saturated heterocycles. The normalized spacial score (nSPS) is 13.8. The van der Waals surface area contributed by atoms with Crippen molar-refractivity contribution in [1.29, 1.82) is 0 Å². The fourth-order valence-electron chi connectivity index (χ4n) is 3.15. The first kappa shape index (κ1) is 34.5. The van der Waals surface area contributed by atoms with Gasteiger partial charge in [-0.3, -0.25) is 0 Å². The number of carbonyl (C=O) groups excluding carboxylic acids is 3. The Morgan fingerprint density at radius 3 is 2.03 bits per heavy atom. The second kappa shape index (κ2) is 14.7. The molecule has 8 nitrogen and oxygen atoms in total. The van der Waals surface area contributed by atoms with Gasteiger partial charge in [0.2, 0.25) is 0 Å². The van der Waals surface area contributed by atoms with Gasteiger partial charge in [0.05, 0.1) is 0 Å². The monoisotopic (exact) mass is 635 g/mol. The molecule has 38 heavy (non-hydrogen) atoms. The molecule has 1 aromatic carbocycles. The second-order valence-corrected chi connectivity index (χ2v) is 16.9. The summed E-state index contributed by atoms with van der Waals surface area (Å²) in [7, 11) is 4.70. The van der Waals surface area contributed by atoms with Crippen molar-refractivity contribution in [1.82, 2.24) is 10.6 Å². The molecular formula is C27H45N3O5S2Se. The Kier molecular flexibility index (Phi) is 13.4. The Hall–Kier alpha value is -1.55. The molecule has 0 aliphatic heterocycles. The van der Waals surface area contributed by atoms with Gasteiger partial charge in [-0.15, -0.1) is 0 Å². The maximum absolute atomic E-state index is 14.3. The predicted molar refractivity (Wildman–Crippen MR) is 162 cm³/mol. The quantitative estimate of drug-likeness (QED) is 0.243. The molecule has 0 aliphatic carbocycles. The van der Waals surface area contributed by atoms with Crippen LogP contribution in [0.1, 0.15) is 62.3 Å². The van der Waals surface area contributed by atoms with Gasteiger partial charge in [0.1, 0.15) is 0 Å². The fourth-order valence-corrected chi connectivity index (χ4v) is 6.90. The first-order valence-corrected chi connectivity index (χ1v) is 17.7. The third-order valence-corrected chi connectivity index (χ3v) is 9.27. The minimum atomic E-state index is -0.916.